The lowest BCUT2D eigenvalue weighted by Crippen LogP contribution is -2.28. The van der Waals surface area contributed by atoms with E-state index >= 15 is 0 Å². The largest absolute Gasteiger partial charge is 0.495 e. The number of amides is 1. The van der Waals surface area contributed by atoms with Gasteiger partial charge < -0.3 is 14.8 Å². The van der Waals surface area contributed by atoms with Gasteiger partial charge in [0.15, 0.2) is 0 Å². The summed E-state index contributed by atoms with van der Waals surface area (Å²) in [5, 5.41) is 2.80. The highest BCUT2D eigenvalue weighted by molar-refractivity contribution is 7.89. The van der Waals surface area contributed by atoms with E-state index in [-0.39, 0.29) is 22.6 Å². The van der Waals surface area contributed by atoms with Gasteiger partial charge in [0.2, 0.25) is 10.0 Å². The first-order valence-electron chi connectivity index (χ1n) is 9.06. The van der Waals surface area contributed by atoms with Crippen molar-refractivity contribution in [2.75, 3.05) is 26.9 Å². The van der Waals surface area contributed by atoms with Gasteiger partial charge in [0, 0.05) is 31.4 Å². The second kappa shape index (κ2) is 8.37. The van der Waals surface area contributed by atoms with Gasteiger partial charge >= 0.3 is 0 Å². The minimum Gasteiger partial charge on any atom is -0.495 e. The second-order valence-corrected chi connectivity index (χ2v) is 8.57. The van der Waals surface area contributed by atoms with Crippen LogP contribution in [0, 0.1) is 5.92 Å². The molecule has 8 heteroatoms. The van der Waals surface area contributed by atoms with E-state index in [0.717, 1.165) is 31.8 Å². The molecule has 2 fully saturated rings. The molecule has 2 saturated carbocycles. The van der Waals surface area contributed by atoms with Gasteiger partial charge in [0.25, 0.3) is 5.91 Å². The van der Waals surface area contributed by atoms with Crippen LogP contribution in [0.5, 0.6) is 5.75 Å². The summed E-state index contributed by atoms with van der Waals surface area (Å²) >= 11 is 0. The molecule has 0 bridgehead atoms. The van der Waals surface area contributed by atoms with Crippen molar-refractivity contribution < 1.29 is 22.7 Å². The van der Waals surface area contributed by atoms with Crippen LogP contribution in [-0.2, 0) is 14.8 Å². The average molecular weight is 382 g/mol. The van der Waals surface area contributed by atoms with Crippen molar-refractivity contribution in [2.45, 2.75) is 43.0 Å². The van der Waals surface area contributed by atoms with E-state index in [9.17, 15) is 13.2 Å². The van der Waals surface area contributed by atoms with Gasteiger partial charge in [-0.15, -0.1) is 0 Å². The molecule has 0 atom stereocenters. The van der Waals surface area contributed by atoms with Crippen LogP contribution in [0.2, 0.25) is 0 Å². The molecule has 1 aromatic rings. The molecular formula is C18H26N2O5S. The lowest BCUT2D eigenvalue weighted by molar-refractivity contribution is 0.0937. The Hall–Kier alpha value is -1.64. The van der Waals surface area contributed by atoms with E-state index in [2.05, 4.69) is 10.0 Å². The SMILES string of the molecule is COc1ccc(C(=O)NCCCOCC2CC2)cc1S(=O)(=O)NC1CC1. The first-order chi connectivity index (χ1) is 12.5. The molecule has 1 aromatic carbocycles. The lowest BCUT2D eigenvalue weighted by Gasteiger charge is -2.12. The van der Waals surface area contributed by atoms with Crippen molar-refractivity contribution in [1.29, 1.82) is 0 Å². The molecule has 7 nitrogen and oxygen atoms in total. The van der Waals surface area contributed by atoms with Crippen molar-refractivity contribution in [1.82, 2.24) is 10.0 Å². The third-order valence-electron chi connectivity index (χ3n) is 4.42. The van der Waals surface area contributed by atoms with E-state index in [0.29, 0.717) is 18.7 Å². The van der Waals surface area contributed by atoms with E-state index in [1.807, 2.05) is 0 Å². The maximum absolute atomic E-state index is 12.5. The van der Waals surface area contributed by atoms with Crippen LogP contribution in [0.1, 0.15) is 42.5 Å². The molecule has 1 amide bonds. The number of ether oxygens (including phenoxy) is 2. The topological polar surface area (TPSA) is 93.7 Å². The van der Waals surface area contributed by atoms with Gasteiger partial charge in [-0.1, -0.05) is 0 Å². The standard InChI is InChI=1S/C18H26N2O5S/c1-24-16-8-5-14(11-17(16)26(22,23)20-15-6-7-15)18(21)19-9-2-10-25-12-13-3-4-13/h5,8,11,13,15,20H,2-4,6-7,9-10,12H2,1H3,(H,19,21). The quantitative estimate of drug-likeness (QED) is 0.568. The molecule has 3 rings (SSSR count). The van der Waals surface area contributed by atoms with Gasteiger partial charge in [-0.2, -0.15) is 0 Å². The summed E-state index contributed by atoms with van der Waals surface area (Å²) in [6.07, 6.45) is 4.92. The second-order valence-electron chi connectivity index (χ2n) is 6.89. The summed E-state index contributed by atoms with van der Waals surface area (Å²) in [5.74, 6) is 0.648. The molecule has 0 aliphatic heterocycles. The number of methoxy groups -OCH3 is 1. The predicted octanol–water partition coefficient (Wildman–Crippen LogP) is 1.68. The van der Waals surface area contributed by atoms with Crippen LogP contribution in [-0.4, -0.2) is 47.2 Å². The number of benzene rings is 1. The van der Waals surface area contributed by atoms with E-state index in [1.54, 1.807) is 6.07 Å². The Bertz CT molecular complexity index is 742. The van der Waals surface area contributed by atoms with Crippen LogP contribution in [0.15, 0.2) is 23.1 Å². The number of rotatable bonds is 11. The Morgan fingerprint density at radius 2 is 2.00 bits per heavy atom. The number of hydrogen-bond acceptors (Lipinski definition) is 5. The first kappa shape index (κ1) is 19.1. The summed E-state index contributed by atoms with van der Waals surface area (Å²) in [4.78, 5) is 12.3. The minimum atomic E-state index is -3.71. The summed E-state index contributed by atoms with van der Waals surface area (Å²) in [5.41, 5.74) is 0.292. The Morgan fingerprint density at radius 3 is 2.65 bits per heavy atom. The van der Waals surface area contributed by atoms with Crippen LogP contribution >= 0.6 is 0 Å². The van der Waals surface area contributed by atoms with E-state index < -0.39 is 10.0 Å². The highest BCUT2D eigenvalue weighted by Gasteiger charge is 2.30. The average Bonchev–Trinajstić information content (AvgIpc) is 3.53. The zero-order chi connectivity index (χ0) is 18.6. The van der Waals surface area contributed by atoms with Gasteiger partial charge in [0.1, 0.15) is 10.6 Å². The van der Waals surface area contributed by atoms with Crippen LogP contribution in [0.25, 0.3) is 0 Å². The fourth-order valence-electron chi connectivity index (χ4n) is 2.52. The van der Waals surface area contributed by atoms with E-state index in [1.165, 1.54) is 32.1 Å². The summed E-state index contributed by atoms with van der Waals surface area (Å²) in [6.45, 7) is 1.91. The van der Waals surface area contributed by atoms with Crippen molar-refractivity contribution in [3.63, 3.8) is 0 Å². The molecule has 0 aromatic heterocycles. The van der Waals surface area contributed by atoms with E-state index in [4.69, 9.17) is 9.47 Å². The Balaban J connectivity index is 1.56. The molecule has 144 valence electrons. The molecule has 2 aliphatic carbocycles. The third-order valence-corrected chi connectivity index (χ3v) is 5.96. The van der Waals surface area contributed by atoms with Crippen LogP contribution in [0.4, 0.5) is 0 Å². The molecule has 0 unspecified atom stereocenters. The number of carbonyl (C=O) groups is 1. The van der Waals surface area contributed by atoms with Crippen molar-refractivity contribution >= 4 is 15.9 Å². The fourth-order valence-corrected chi connectivity index (χ4v) is 4.02. The fraction of sp³-hybridized carbons (Fsp3) is 0.611. The van der Waals surface area contributed by atoms with Gasteiger partial charge in [0.05, 0.1) is 7.11 Å². The third kappa shape index (κ3) is 5.43. The number of nitrogens with one attached hydrogen (secondary N) is 2. The molecule has 0 radical (unpaired) electrons. The Morgan fingerprint density at radius 1 is 1.23 bits per heavy atom. The zero-order valence-corrected chi connectivity index (χ0v) is 15.8. The number of sulfonamides is 1. The summed E-state index contributed by atoms with van der Waals surface area (Å²) < 4.78 is 38.3. The van der Waals surface area contributed by atoms with Gasteiger partial charge in [-0.3, -0.25) is 4.79 Å². The molecular weight excluding hydrogens is 356 g/mol. The zero-order valence-electron chi connectivity index (χ0n) is 15.0. The van der Waals surface area contributed by atoms with Crippen molar-refractivity contribution in [3.8, 4) is 5.75 Å². The molecule has 26 heavy (non-hydrogen) atoms. The summed E-state index contributed by atoms with van der Waals surface area (Å²) in [7, 11) is -2.30. The Kier molecular flexibility index (Phi) is 6.16. The number of carbonyl (C=O) groups excluding carboxylic acids is 1. The smallest absolute Gasteiger partial charge is 0.251 e. The lowest BCUT2D eigenvalue weighted by atomic mass is 10.2. The maximum Gasteiger partial charge on any atom is 0.251 e. The normalized spacial score (nSPS) is 17.1. The maximum atomic E-state index is 12.5. The highest BCUT2D eigenvalue weighted by atomic mass is 32.2. The van der Waals surface area contributed by atoms with Crippen LogP contribution in [0.3, 0.4) is 0 Å². The highest BCUT2D eigenvalue weighted by Crippen LogP contribution is 2.29. The molecule has 2 N–H and O–H groups in total. The monoisotopic (exact) mass is 382 g/mol. The van der Waals surface area contributed by atoms with Gasteiger partial charge in [-0.05, 0) is 56.2 Å². The Labute approximate surface area is 154 Å². The molecule has 0 saturated heterocycles. The van der Waals surface area contributed by atoms with Crippen molar-refractivity contribution in [3.05, 3.63) is 23.8 Å². The first-order valence-corrected chi connectivity index (χ1v) is 10.5. The molecule has 0 spiro atoms. The van der Waals surface area contributed by atoms with Crippen LogP contribution < -0.4 is 14.8 Å². The summed E-state index contributed by atoms with van der Waals surface area (Å²) in [6, 6.07) is 4.42. The van der Waals surface area contributed by atoms with Gasteiger partial charge in [-0.25, -0.2) is 13.1 Å². The number of hydrogen-bond donors (Lipinski definition) is 2. The minimum absolute atomic E-state index is 0.00711. The molecule has 0 heterocycles. The van der Waals surface area contributed by atoms with Crippen molar-refractivity contribution in [2.24, 2.45) is 5.92 Å². The molecule has 2 aliphatic rings. The predicted molar refractivity (Wildman–Crippen MR) is 96.8 cm³/mol.